The van der Waals surface area contributed by atoms with E-state index in [1.54, 1.807) is 0 Å². The molecule has 0 aromatic heterocycles. The van der Waals surface area contributed by atoms with Crippen molar-refractivity contribution in [3.63, 3.8) is 0 Å². The minimum atomic E-state index is 0.625. The fourth-order valence-corrected chi connectivity index (χ4v) is 3.47. The smallest absolute Gasteiger partial charge is 0.00724 e. The molecule has 0 bridgehead atoms. The third-order valence-electron chi connectivity index (χ3n) is 4.14. The average Bonchev–Trinajstić information content (AvgIpc) is 2.57. The van der Waals surface area contributed by atoms with Crippen LogP contribution in [0.15, 0.2) is 0 Å². The first kappa shape index (κ1) is 14.0. The van der Waals surface area contributed by atoms with Gasteiger partial charge in [0.15, 0.2) is 0 Å². The molecule has 0 amide bonds. The molecular weight excluding hydrogens is 194 g/mol. The summed E-state index contributed by atoms with van der Waals surface area (Å²) in [5.74, 6) is 0.917. The zero-order chi connectivity index (χ0) is 12.0. The van der Waals surface area contributed by atoms with Crippen LogP contribution in [0.1, 0.15) is 72.6 Å². The van der Waals surface area contributed by atoms with Gasteiger partial charge in [-0.1, -0.05) is 40.5 Å². The summed E-state index contributed by atoms with van der Waals surface area (Å²) in [6.45, 7) is 10.7. The molecule has 1 heteroatoms. The summed E-state index contributed by atoms with van der Waals surface area (Å²) in [7, 11) is 0. The Morgan fingerprint density at radius 3 is 2.69 bits per heavy atom. The summed E-state index contributed by atoms with van der Waals surface area (Å²) in [5, 5.41) is 3.69. The molecule has 3 unspecified atom stereocenters. The Balaban J connectivity index is 2.30. The van der Waals surface area contributed by atoms with E-state index >= 15 is 0 Å². The highest BCUT2D eigenvalue weighted by atomic mass is 14.9. The van der Waals surface area contributed by atoms with E-state index in [-0.39, 0.29) is 0 Å². The monoisotopic (exact) mass is 225 g/mol. The van der Waals surface area contributed by atoms with E-state index in [0.717, 1.165) is 12.0 Å². The zero-order valence-corrected chi connectivity index (χ0v) is 11.8. The number of hydrogen-bond donors (Lipinski definition) is 1. The first-order valence-electron chi connectivity index (χ1n) is 7.33. The minimum absolute atomic E-state index is 0.625. The van der Waals surface area contributed by atoms with E-state index in [0.29, 0.717) is 5.41 Å². The number of rotatable bonds is 7. The molecule has 1 saturated carbocycles. The molecular formula is C15H31N. The van der Waals surface area contributed by atoms with Gasteiger partial charge in [-0.05, 0) is 50.0 Å². The third-order valence-corrected chi connectivity index (χ3v) is 4.14. The van der Waals surface area contributed by atoms with Crippen LogP contribution in [0.4, 0.5) is 0 Å². The molecule has 0 aromatic rings. The quantitative estimate of drug-likeness (QED) is 0.678. The van der Waals surface area contributed by atoms with Gasteiger partial charge < -0.3 is 5.32 Å². The van der Waals surface area contributed by atoms with Crippen LogP contribution in [0.3, 0.4) is 0 Å². The molecule has 0 radical (unpaired) electrons. The lowest BCUT2D eigenvalue weighted by Gasteiger charge is -2.28. The fraction of sp³-hybridized carbons (Fsp3) is 1.00. The first-order valence-corrected chi connectivity index (χ1v) is 7.33. The first-order chi connectivity index (χ1) is 7.59. The van der Waals surface area contributed by atoms with Gasteiger partial charge in [0.2, 0.25) is 0 Å². The SMILES string of the molecule is CCCNC1CCC(C)(CC(C)CCC)C1. The van der Waals surface area contributed by atoms with Crippen LogP contribution < -0.4 is 5.32 Å². The average molecular weight is 225 g/mol. The molecule has 16 heavy (non-hydrogen) atoms. The van der Waals surface area contributed by atoms with E-state index < -0.39 is 0 Å². The summed E-state index contributed by atoms with van der Waals surface area (Å²) < 4.78 is 0. The molecule has 0 saturated heterocycles. The van der Waals surface area contributed by atoms with Gasteiger partial charge in [0.1, 0.15) is 0 Å². The van der Waals surface area contributed by atoms with Crippen molar-refractivity contribution in [2.75, 3.05) is 6.54 Å². The van der Waals surface area contributed by atoms with Crippen LogP contribution in [0.25, 0.3) is 0 Å². The molecule has 0 heterocycles. The molecule has 96 valence electrons. The molecule has 1 fully saturated rings. The third kappa shape index (κ3) is 4.45. The van der Waals surface area contributed by atoms with Crippen molar-refractivity contribution in [2.45, 2.75) is 78.7 Å². The van der Waals surface area contributed by atoms with Crippen molar-refractivity contribution in [1.29, 1.82) is 0 Å². The lowest BCUT2D eigenvalue weighted by molar-refractivity contribution is 0.241. The largest absolute Gasteiger partial charge is 0.314 e. The van der Waals surface area contributed by atoms with Crippen molar-refractivity contribution in [3.8, 4) is 0 Å². The second kappa shape index (κ2) is 6.64. The Kier molecular flexibility index (Phi) is 5.82. The number of nitrogens with one attached hydrogen (secondary N) is 1. The molecule has 0 aliphatic heterocycles. The van der Waals surface area contributed by atoms with Gasteiger partial charge in [0.05, 0.1) is 0 Å². The standard InChI is InChI=1S/C15H31N/c1-5-7-13(3)11-15(4)9-8-14(12-15)16-10-6-2/h13-14,16H,5-12H2,1-4H3. The maximum absolute atomic E-state index is 3.69. The Morgan fingerprint density at radius 2 is 2.06 bits per heavy atom. The van der Waals surface area contributed by atoms with E-state index in [1.165, 1.54) is 51.5 Å². The molecule has 1 aliphatic rings. The van der Waals surface area contributed by atoms with Gasteiger partial charge in [-0.2, -0.15) is 0 Å². The second-order valence-corrected chi connectivity index (χ2v) is 6.30. The van der Waals surface area contributed by atoms with Crippen LogP contribution in [-0.4, -0.2) is 12.6 Å². The van der Waals surface area contributed by atoms with Gasteiger partial charge in [-0.25, -0.2) is 0 Å². The van der Waals surface area contributed by atoms with E-state index in [1.807, 2.05) is 0 Å². The Hall–Kier alpha value is -0.0400. The van der Waals surface area contributed by atoms with Crippen molar-refractivity contribution >= 4 is 0 Å². The van der Waals surface area contributed by atoms with Crippen molar-refractivity contribution in [2.24, 2.45) is 11.3 Å². The second-order valence-electron chi connectivity index (χ2n) is 6.30. The van der Waals surface area contributed by atoms with Crippen LogP contribution >= 0.6 is 0 Å². The van der Waals surface area contributed by atoms with Crippen molar-refractivity contribution in [3.05, 3.63) is 0 Å². The zero-order valence-electron chi connectivity index (χ0n) is 11.8. The minimum Gasteiger partial charge on any atom is -0.314 e. The highest BCUT2D eigenvalue weighted by molar-refractivity contribution is 4.90. The maximum Gasteiger partial charge on any atom is 0.00724 e. The van der Waals surface area contributed by atoms with E-state index in [2.05, 4.69) is 33.0 Å². The predicted molar refractivity (Wildman–Crippen MR) is 72.7 cm³/mol. The van der Waals surface area contributed by atoms with Crippen LogP contribution in [-0.2, 0) is 0 Å². The van der Waals surface area contributed by atoms with E-state index in [9.17, 15) is 0 Å². The Bertz CT molecular complexity index is 190. The van der Waals surface area contributed by atoms with Gasteiger partial charge in [0, 0.05) is 6.04 Å². The lowest BCUT2D eigenvalue weighted by atomic mass is 9.79. The van der Waals surface area contributed by atoms with Gasteiger partial charge in [0.25, 0.3) is 0 Å². The summed E-state index contributed by atoms with van der Waals surface area (Å²) in [5.41, 5.74) is 0.625. The van der Waals surface area contributed by atoms with Crippen LogP contribution in [0.2, 0.25) is 0 Å². The normalized spacial score (nSPS) is 31.9. The molecule has 1 aliphatic carbocycles. The molecule has 1 N–H and O–H groups in total. The van der Waals surface area contributed by atoms with Gasteiger partial charge in [-0.15, -0.1) is 0 Å². The summed E-state index contributed by atoms with van der Waals surface area (Å²) in [6, 6.07) is 0.804. The topological polar surface area (TPSA) is 12.0 Å². The van der Waals surface area contributed by atoms with Crippen molar-refractivity contribution < 1.29 is 0 Å². The maximum atomic E-state index is 3.69. The molecule has 3 atom stereocenters. The highest BCUT2D eigenvalue weighted by Gasteiger charge is 2.35. The van der Waals surface area contributed by atoms with Crippen LogP contribution in [0.5, 0.6) is 0 Å². The van der Waals surface area contributed by atoms with Gasteiger partial charge in [-0.3, -0.25) is 0 Å². The lowest BCUT2D eigenvalue weighted by Crippen LogP contribution is -2.28. The number of hydrogen-bond acceptors (Lipinski definition) is 1. The molecule has 0 spiro atoms. The summed E-state index contributed by atoms with van der Waals surface area (Å²) in [4.78, 5) is 0. The predicted octanol–water partition coefficient (Wildman–Crippen LogP) is 4.37. The highest BCUT2D eigenvalue weighted by Crippen LogP contribution is 2.43. The molecule has 0 aromatic carbocycles. The molecule has 1 rings (SSSR count). The Morgan fingerprint density at radius 1 is 1.31 bits per heavy atom. The summed E-state index contributed by atoms with van der Waals surface area (Å²) in [6.07, 6.45) is 9.68. The van der Waals surface area contributed by atoms with Crippen LogP contribution in [0, 0.1) is 11.3 Å². The fourth-order valence-electron chi connectivity index (χ4n) is 3.47. The molecule has 1 nitrogen and oxygen atoms in total. The van der Waals surface area contributed by atoms with Crippen molar-refractivity contribution in [1.82, 2.24) is 5.32 Å². The van der Waals surface area contributed by atoms with E-state index in [4.69, 9.17) is 0 Å². The Labute approximate surface area is 102 Å². The van der Waals surface area contributed by atoms with Gasteiger partial charge >= 0.3 is 0 Å². The summed E-state index contributed by atoms with van der Waals surface area (Å²) >= 11 is 0.